The van der Waals surface area contributed by atoms with E-state index in [-0.39, 0.29) is 11.7 Å². The lowest BCUT2D eigenvalue weighted by Gasteiger charge is -2.08. The highest BCUT2D eigenvalue weighted by Crippen LogP contribution is 2.09. The lowest BCUT2D eigenvalue weighted by Crippen LogP contribution is -2.30. The SMILES string of the molecule is O=C(NCCCn1c(=O)[nH]c2ccccc21)Nc1ccccc1. The summed E-state index contributed by atoms with van der Waals surface area (Å²) >= 11 is 0. The van der Waals surface area contributed by atoms with Gasteiger partial charge in [0.05, 0.1) is 11.0 Å². The number of aromatic nitrogens is 2. The number of para-hydroxylation sites is 3. The second-order valence-corrected chi connectivity index (χ2v) is 5.20. The molecular weight excluding hydrogens is 292 g/mol. The highest BCUT2D eigenvalue weighted by molar-refractivity contribution is 5.89. The number of urea groups is 1. The molecule has 1 heterocycles. The molecule has 0 aliphatic heterocycles. The Morgan fingerprint density at radius 3 is 2.61 bits per heavy atom. The second-order valence-electron chi connectivity index (χ2n) is 5.20. The van der Waals surface area contributed by atoms with E-state index in [0.717, 1.165) is 16.7 Å². The molecule has 3 N–H and O–H groups in total. The Balaban J connectivity index is 1.50. The number of carbonyl (C=O) groups excluding carboxylic acids is 1. The maximum absolute atomic E-state index is 11.9. The number of anilines is 1. The van der Waals surface area contributed by atoms with E-state index in [1.807, 2.05) is 54.6 Å². The summed E-state index contributed by atoms with van der Waals surface area (Å²) in [4.78, 5) is 26.5. The van der Waals surface area contributed by atoms with Gasteiger partial charge in [0.1, 0.15) is 0 Å². The zero-order valence-electron chi connectivity index (χ0n) is 12.6. The fourth-order valence-electron chi connectivity index (χ4n) is 2.46. The van der Waals surface area contributed by atoms with Gasteiger partial charge in [0.25, 0.3) is 0 Å². The number of carbonyl (C=O) groups is 1. The van der Waals surface area contributed by atoms with E-state index in [1.165, 1.54) is 0 Å². The Bertz CT molecular complexity index is 852. The fraction of sp³-hybridized carbons (Fsp3) is 0.176. The zero-order chi connectivity index (χ0) is 16.1. The van der Waals surface area contributed by atoms with E-state index in [4.69, 9.17) is 0 Å². The molecule has 6 nitrogen and oxygen atoms in total. The number of aromatic amines is 1. The highest BCUT2D eigenvalue weighted by Gasteiger charge is 2.05. The summed E-state index contributed by atoms with van der Waals surface area (Å²) in [5, 5.41) is 5.54. The molecule has 118 valence electrons. The van der Waals surface area contributed by atoms with E-state index in [0.29, 0.717) is 19.5 Å². The number of aryl methyl sites for hydroxylation is 1. The summed E-state index contributed by atoms with van der Waals surface area (Å²) < 4.78 is 1.69. The first-order chi connectivity index (χ1) is 11.2. The Kier molecular flexibility index (Phi) is 4.42. The summed E-state index contributed by atoms with van der Waals surface area (Å²) in [6.07, 6.45) is 0.671. The summed E-state index contributed by atoms with van der Waals surface area (Å²) in [5.74, 6) is 0. The van der Waals surface area contributed by atoms with Crippen molar-refractivity contribution >= 4 is 22.8 Å². The molecule has 0 atom stereocenters. The number of H-pyrrole nitrogens is 1. The van der Waals surface area contributed by atoms with Gasteiger partial charge in [0.2, 0.25) is 0 Å². The molecule has 2 aromatic carbocycles. The number of benzene rings is 2. The quantitative estimate of drug-likeness (QED) is 0.633. The highest BCUT2D eigenvalue weighted by atomic mass is 16.2. The van der Waals surface area contributed by atoms with Crippen LogP contribution in [0.2, 0.25) is 0 Å². The number of amides is 2. The molecule has 0 spiro atoms. The predicted molar refractivity (Wildman–Crippen MR) is 90.6 cm³/mol. The van der Waals surface area contributed by atoms with Crippen LogP contribution in [-0.4, -0.2) is 22.1 Å². The van der Waals surface area contributed by atoms with E-state index in [9.17, 15) is 9.59 Å². The summed E-state index contributed by atoms with van der Waals surface area (Å²) in [7, 11) is 0. The van der Waals surface area contributed by atoms with Crippen molar-refractivity contribution < 1.29 is 4.79 Å². The molecule has 2 amide bonds. The minimum absolute atomic E-state index is 0.125. The maximum atomic E-state index is 11.9. The van der Waals surface area contributed by atoms with Crippen molar-refractivity contribution in [2.75, 3.05) is 11.9 Å². The number of nitrogens with zero attached hydrogens (tertiary/aromatic N) is 1. The van der Waals surface area contributed by atoms with E-state index >= 15 is 0 Å². The van der Waals surface area contributed by atoms with Crippen molar-refractivity contribution in [2.24, 2.45) is 0 Å². The topological polar surface area (TPSA) is 78.9 Å². The number of rotatable bonds is 5. The van der Waals surface area contributed by atoms with Gasteiger partial charge >= 0.3 is 11.7 Å². The monoisotopic (exact) mass is 310 g/mol. The van der Waals surface area contributed by atoms with Crippen LogP contribution in [0.5, 0.6) is 0 Å². The molecule has 1 aromatic heterocycles. The number of fused-ring (bicyclic) bond motifs is 1. The second kappa shape index (κ2) is 6.83. The smallest absolute Gasteiger partial charge is 0.326 e. The maximum Gasteiger partial charge on any atom is 0.326 e. The molecule has 0 saturated heterocycles. The average Bonchev–Trinajstić information content (AvgIpc) is 2.88. The standard InChI is InChI=1S/C17H18N4O2/c22-16(19-13-7-2-1-3-8-13)18-11-6-12-21-15-10-5-4-9-14(15)20-17(21)23/h1-5,7-10H,6,11-12H2,(H,20,23)(H2,18,19,22). The molecule has 0 radical (unpaired) electrons. The van der Waals surface area contributed by atoms with Crippen LogP contribution in [-0.2, 0) is 6.54 Å². The first-order valence-electron chi connectivity index (χ1n) is 7.51. The molecule has 0 aliphatic carbocycles. The zero-order valence-corrected chi connectivity index (χ0v) is 12.6. The van der Waals surface area contributed by atoms with Crippen molar-refractivity contribution in [3.05, 3.63) is 65.1 Å². The van der Waals surface area contributed by atoms with E-state index < -0.39 is 0 Å². The third-order valence-corrected chi connectivity index (χ3v) is 3.56. The largest absolute Gasteiger partial charge is 0.338 e. The van der Waals surface area contributed by atoms with Gasteiger partial charge in [-0.25, -0.2) is 9.59 Å². The minimum Gasteiger partial charge on any atom is -0.338 e. The molecule has 0 bridgehead atoms. The molecule has 3 rings (SSSR count). The van der Waals surface area contributed by atoms with Crippen LogP contribution in [0.15, 0.2) is 59.4 Å². The Morgan fingerprint density at radius 1 is 1.04 bits per heavy atom. The molecule has 6 heteroatoms. The van der Waals surface area contributed by atoms with Crippen LogP contribution in [0, 0.1) is 0 Å². The third kappa shape index (κ3) is 3.60. The number of nitrogens with one attached hydrogen (secondary N) is 3. The number of imidazole rings is 1. The van der Waals surface area contributed by atoms with Gasteiger partial charge in [-0.2, -0.15) is 0 Å². The van der Waals surface area contributed by atoms with Gasteiger partial charge in [-0.05, 0) is 30.7 Å². The molecule has 0 saturated carbocycles. The third-order valence-electron chi connectivity index (χ3n) is 3.56. The Morgan fingerprint density at radius 2 is 1.78 bits per heavy atom. The van der Waals surface area contributed by atoms with E-state index in [2.05, 4.69) is 15.6 Å². The van der Waals surface area contributed by atoms with Gasteiger partial charge in [0.15, 0.2) is 0 Å². The molecule has 23 heavy (non-hydrogen) atoms. The van der Waals surface area contributed by atoms with Crippen LogP contribution < -0.4 is 16.3 Å². The van der Waals surface area contributed by atoms with Crippen molar-refractivity contribution in [1.82, 2.24) is 14.9 Å². The van der Waals surface area contributed by atoms with Gasteiger partial charge < -0.3 is 15.6 Å². The normalized spacial score (nSPS) is 10.6. The van der Waals surface area contributed by atoms with Crippen LogP contribution in [0.25, 0.3) is 11.0 Å². The van der Waals surface area contributed by atoms with Crippen LogP contribution in [0.4, 0.5) is 10.5 Å². The average molecular weight is 310 g/mol. The van der Waals surface area contributed by atoms with Gasteiger partial charge in [-0.3, -0.25) is 4.57 Å². The predicted octanol–water partition coefficient (Wildman–Crippen LogP) is 2.54. The number of hydrogen-bond acceptors (Lipinski definition) is 2. The molecule has 0 aliphatic rings. The minimum atomic E-state index is -0.248. The lowest BCUT2D eigenvalue weighted by molar-refractivity contribution is 0.252. The van der Waals surface area contributed by atoms with Crippen molar-refractivity contribution in [2.45, 2.75) is 13.0 Å². The lowest BCUT2D eigenvalue weighted by atomic mass is 10.3. The number of hydrogen-bond donors (Lipinski definition) is 3. The van der Waals surface area contributed by atoms with Gasteiger partial charge in [-0.15, -0.1) is 0 Å². The van der Waals surface area contributed by atoms with Gasteiger partial charge in [0, 0.05) is 18.8 Å². The first kappa shape index (κ1) is 14.9. The van der Waals surface area contributed by atoms with Crippen LogP contribution in [0.1, 0.15) is 6.42 Å². The summed E-state index contributed by atoms with van der Waals surface area (Å²) in [6.45, 7) is 1.04. The molecule has 0 fully saturated rings. The first-order valence-corrected chi connectivity index (χ1v) is 7.51. The van der Waals surface area contributed by atoms with Crippen LogP contribution >= 0.6 is 0 Å². The van der Waals surface area contributed by atoms with Crippen molar-refractivity contribution in [3.8, 4) is 0 Å². The van der Waals surface area contributed by atoms with Crippen molar-refractivity contribution in [3.63, 3.8) is 0 Å². The Hall–Kier alpha value is -3.02. The van der Waals surface area contributed by atoms with Crippen LogP contribution in [0.3, 0.4) is 0 Å². The molecule has 0 unspecified atom stereocenters. The summed E-state index contributed by atoms with van der Waals surface area (Å²) in [5.41, 5.74) is 2.33. The molecule has 3 aromatic rings. The van der Waals surface area contributed by atoms with Crippen molar-refractivity contribution in [1.29, 1.82) is 0 Å². The Labute approximate surface area is 133 Å². The molecular formula is C17H18N4O2. The van der Waals surface area contributed by atoms with E-state index in [1.54, 1.807) is 4.57 Å². The fourth-order valence-corrected chi connectivity index (χ4v) is 2.46. The summed E-state index contributed by atoms with van der Waals surface area (Å²) in [6, 6.07) is 16.6. The van der Waals surface area contributed by atoms with Gasteiger partial charge in [-0.1, -0.05) is 30.3 Å².